The lowest BCUT2D eigenvalue weighted by Gasteiger charge is -2.03. The molecule has 8 heteroatoms. The first kappa shape index (κ1) is 16.1. The molecule has 0 aliphatic rings. The molecule has 130 valence electrons. The summed E-state index contributed by atoms with van der Waals surface area (Å²) in [4.78, 5) is 30.2. The highest BCUT2D eigenvalue weighted by atomic mass is 32.1. The van der Waals surface area contributed by atoms with Crippen LogP contribution in [0.25, 0.3) is 15.9 Å². The molecular formula is C18H15N5O2S. The van der Waals surface area contributed by atoms with E-state index in [-0.39, 0.29) is 11.5 Å². The van der Waals surface area contributed by atoms with Crippen molar-refractivity contribution in [1.82, 2.24) is 14.8 Å². The van der Waals surface area contributed by atoms with Crippen LogP contribution < -0.4 is 16.6 Å². The summed E-state index contributed by atoms with van der Waals surface area (Å²) in [6.45, 7) is 1.88. The van der Waals surface area contributed by atoms with Gasteiger partial charge in [-0.2, -0.15) is 0 Å². The van der Waals surface area contributed by atoms with Crippen molar-refractivity contribution < 1.29 is 4.79 Å². The van der Waals surface area contributed by atoms with Crippen LogP contribution in [0.2, 0.25) is 0 Å². The summed E-state index contributed by atoms with van der Waals surface area (Å²) in [7, 11) is 0. The van der Waals surface area contributed by atoms with Crippen LogP contribution in [0.15, 0.2) is 53.3 Å². The molecule has 0 unspecified atom stereocenters. The molecule has 0 bridgehead atoms. The third-order valence-corrected chi connectivity index (χ3v) is 5.04. The Hall–Kier alpha value is -3.39. The van der Waals surface area contributed by atoms with E-state index in [0.29, 0.717) is 26.9 Å². The number of rotatable bonds is 3. The second-order valence-electron chi connectivity index (χ2n) is 5.78. The van der Waals surface area contributed by atoms with Gasteiger partial charge >= 0.3 is 0 Å². The Bertz CT molecular complexity index is 1170. The molecule has 26 heavy (non-hydrogen) atoms. The van der Waals surface area contributed by atoms with Crippen LogP contribution in [0.1, 0.15) is 15.4 Å². The van der Waals surface area contributed by atoms with Gasteiger partial charge in [-0.1, -0.05) is 18.2 Å². The number of nitrogens with two attached hydrogens (primary N) is 1. The average Bonchev–Trinajstić information content (AvgIpc) is 3.15. The maximum atomic E-state index is 12.6. The summed E-state index contributed by atoms with van der Waals surface area (Å²) in [5, 5.41) is 6.33. The molecule has 3 aromatic heterocycles. The molecule has 4 rings (SSSR count). The van der Waals surface area contributed by atoms with Crippen molar-refractivity contribution in [2.45, 2.75) is 6.92 Å². The number of fused-ring (bicyclic) bond motifs is 1. The lowest BCUT2D eigenvalue weighted by Crippen LogP contribution is -2.13. The Morgan fingerprint density at radius 1 is 1.23 bits per heavy atom. The fourth-order valence-electron chi connectivity index (χ4n) is 2.67. The van der Waals surface area contributed by atoms with Gasteiger partial charge in [-0.15, -0.1) is 11.3 Å². The number of aromatic amines is 1. The molecule has 7 nitrogen and oxygen atoms in total. The van der Waals surface area contributed by atoms with Gasteiger partial charge in [-0.25, -0.2) is 9.67 Å². The standard InChI is InChI=1S/C18H15N5O2S/c1-10-7-8-12-15(19)16(26-18(12)20-10)17(25)21-13-9-14(24)23(22-13)11-5-3-2-4-6-11/h2-9,22H,19H2,1H3,(H,21,25). The minimum absolute atomic E-state index is 0.270. The number of para-hydroxylation sites is 1. The van der Waals surface area contributed by atoms with E-state index < -0.39 is 0 Å². The quantitative estimate of drug-likeness (QED) is 0.519. The number of nitrogens with zero attached hydrogens (tertiary/aromatic N) is 2. The number of aryl methyl sites for hydroxylation is 1. The molecule has 4 N–H and O–H groups in total. The zero-order valence-corrected chi connectivity index (χ0v) is 14.6. The van der Waals surface area contributed by atoms with E-state index in [0.717, 1.165) is 11.1 Å². The first-order valence-corrected chi connectivity index (χ1v) is 8.69. The summed E-state index contributed by atoms with van der Waals surface area (Å²) < 4.78 is 1.36. The highest BCUT2D eigenvalue weighted by molar-refractivity contribution is 7.21. The minimum atomic E-state index is -0.385. The largest absolute Gasteiger partial charge is 0.397 e. The third-order valence-electron chi connectivity index (χ3n) is 3.92. The zero-order valence-electron chi connectivity index (χ0n) is 13.8. The molecule has 0 spiro atoms. The summed E-state index contributed by atoms with van der Waals surface area (Å²) >= 11 is 1.23. The van der Waals surface area contributed by atoms with Crippen LogP contribution in [0.4, 0.5) is 11.5 Å². The summed E-state index contributed by atoms with van der Waals surface area (Å²) in [6.07, 6.45) is 0. The van der Waals surface area contributed by atoms with Crippen LogP contribution in [0.3, 0.4) is 0 Å². The summed E-state index contributed by atoms with van der Waals surface area (Å²) in [5.41, 5.74) is 7.76. The summed E-state index contributed by atoms with van der Waals surface area (Å²) in [5.74, 6) is -0.0885. The van der Waals surface area contributed by atoms with Gasteiger partial charge in [0.05, 0.1) is 11.4 Å². The van der Waals surface area contributed by atoms with Crippen molar-refractivity contribution in [3.63, 3.8) is 0 Å². The van der Waals surface area contributed by atoms with E-state index in [1.54, 1.807) is 12.1 Å². The monoisotopic (exact) mass is 365 g/mol. The Kier molecular flexibility index (Phi) is 3.81. The number of anilines is 2. The van der Waals surface area contributed by atoms with E-state index in [1.165, 1.54) is 22.1 Å². The molecule has 4 aromatic rings. The van der Waals surface area contributed by atoms with Crippen molar-refractivity contribution in [3.05, 3.63) is 69.5 Å². The number of nitrogens with one attached hydrogen (secondary N) is 2. The SMILES string of the molecule is Cc1ccc2c(N)c(C(=O)Nc3cc(=O)n(-c4ccccc4)[nH]3)sc2n1. The molecule has 0 saturated heterocycles. The topological polar surface area (TPSA) is 106 Å². The Morgan fingerprint density at radius 3 is 2.77 bits per heavy atom. The number of amides is 1. The van der Waals surface area contributed by atoms with E-state index >= 15 is 0 Å². The predicted molar refractivity (Wildman–Crippen MR) is 103 cm³/mol. The second-order valence-corrected chi connectivity index (χ2v) is 6.78. The number of carbonyl (C=O) groups excluding carboxylic acids is 1. The highest BCUT2D eigenvalue weighted by Gasteiger charge is 2.18. The Morgan fingerprint density at radius 2 is 2.00 bits per heavy atom. The Balaban J connectivity index is 1.65. The number of hydrogen-bond donors (Lipinski definition) is 3. The highest BCUT2D eigenvalue weighted by Crippen LogP contribution is 2.32. The molecule has 1 amide bonds. The van der Waals surface area contributed by atoms with Gasteiger partial charge in [0.2, 0.25) is 0 Å². The van der Waals surface area contributed by atoms with Gasteiger partial charge in [-0.05, 0) is 31.2 Å². The predicted octanol–water partition coefficient (Wildman–Crippen LogP) is 2.92. The summed E-state index contributed by atoms with van der Waals surface area (Å²) in [6, 6.07) is 14.1. The number of hydrogen-bond acceptors (Lipinski definition) is 5. The lowest BCUT2D eigenvalue weighted by atomic mass is 10.2. The van der Waals surface area contributed by atoms with E-state index in [9.17, 15) is 9.59 Å². The molecule has 0 fully saturated rings. The number of benzene rings is 1. The maximum absolute atomic E-state index is 12.6. The molecule has 1 aromatic carbocycles. The normalized spacial score (nSPS) is 11.0. The maximum Gasteiger partial charge on any atom is 0.273 e. The van der Waals surface area contributed by atoms with Gasteiger partial charge in [0, 0.05) is 17.1 Å². The van der Waals surface area contributed by atoms with Crippen LogP contribution in [-0.2, 0) is 0 Å². The number of nitrogen functional groups attached to an aromatic ring is 1. The van der Waals surface area contributed by atoms with Gasteiger partial charge in [0.25, 0.3) is 11.5 Å². The molecular weight excluding hydrogens is 350 g/mol. The van der Waals surface area contributed by atoms with E-state index in [1.807, 2.05) is 37.3 Å². The average molecular weight is 365 g/mol. The first-order chi connectivity index (χ1) is 12.5. The fraction of sp³-hybridized carbons (Fsp3) is 0.0556. The Labute approximate surface area is 152 Å². The van der Waals surface area contributed by atoms with Crippen molar-refractivity contribution >= 4 is 39.0 Å². The van der Waals surface area contributed by atoms with Gasteiger partial charge < -0.3 is 11.1 Å². The van der Waals surface area contributed by atoms with Crippen LogP contribution in [0.5, 0.6) is 0 Å². The van der Waals surface area contributed by atoms with E-state index in [2.05, 4.69) is 15.4 Å². The van der Waals surface area contributed by atoms with Crippen molar-refractivity contribution in [3.8, 4) is 5.69 Å². The number of H-pyrrole nitrogens is 1. The number of aromatic nitrogens is 3. The second kappa shape index (κ2) is 6.16. The van der Waals surface area contributed by atoms with Crippen LogP contribution in [0, 0.1) is 6.92 Å². The number of thiophene rings is 1. The van der Waals surface area contributed by atoms with Gasteiger partial charge in [0.1, 0.15) is 15.5 Å². The van der Waals surface area contributed by atoms with Crippen LogP contribution in [-0.4, -0.2) is 20.7 Å². The lowest BCUT2D eigenvalue weighted by molar-refractivity contribution is 0.103. The molecule has 0 aliphatic heterocycles. The molecule has 0 aliphatic carbocycles. The van der Waals surface area contributed by atoms with Crippen molar-refractivity contribution in [1.29, 1.82) is 0 Å². The van der Waals surface area contributed by atoms with Gasteiger partial charge in [0.15, 0.2) is 0 Å². The molecule has 0 radical (unpaired) electrons. The smallest absolute Gasteiger partial charge is 0.273 e. The fourth-order valence-corrected chi connectivity index (χ4v) is 3.70. The van der Waals surface area contributed by atoms with Crippen molar-refractivity contribution in [2.75, 3.05) is 11.1 Å². The van der Waals surface area contributed by atoms with Gasteiger partial charge in [-0.3, -0.25) is 14.7 Å². The molecule has 3 heterocycles. The number of pyridine rings is 1. The number of carbonyl (C=O) groups is 1. The first-order valence-electron chi connectivity index (χ1n) is 7.87. The van der Waals surface area contributed by atoms with Crippen molar-refractivity contribution in [2.24, 2.45) is 0 Å². The minimum Gasteiger partial charge on any atom is -0.397 e. The third kappa shape index (κ3) is 2.76. The van der Waals surface area contributed by atoms with Crippen LogP contribution >= 0.6 is 11.3 Å². The van der Waals surface area contributed by atoms with E-state index in [4.69, 9.17) is 5.73 Å². The molecule has 0 atom stereocenters. The zero-order chi connectivity index (χ0) is 18.3. The molecule has 0 saturated carbocycles.